The van der Waals surface area contributed by atoms with Gasteiger partial charge in [0, 0.05) is 6.07 Å². The van der Waals surface area contributed by atoms with Gasteiger partial charge in [0.1, 0.15) is 16.5 Å². The molecule has 1 aromatic carbocycles. The topological polar surface area (TPSA) is 101 Å². The second kappa shape index (κ2) is 4.06. The van der Waals surface area contributed by atoms with Gasteiger partial charge in [-0.25, -0.2) is 12.8 Å². The summed E-state index contributed by atoms with van der Waals surface area (Å²) in [5.74, 6) is -0.392. The molecular weight excluding hydrogens is 247 g/mol. The van der Waals surface area contributed by atoms with Crippen LogP contribution in [0, 0.1) is 5.82 Å². The Morgan fingerprint density at radius 2 is 2.12 bits per heavy atom. The van der Waals surface area contributed by atoms with Crippen molar-refractivity contribution in [3.8, 4) is 0 Å². The molecular formula is C9H9FN4O2S. The van der Waals surface area contributed by atoms with Gasteiger partial charge in [-0.3, -0.25) is 9.82 Å². The van der Waals surface area contributed by atoms with Crippen molar-refractivity contribution in [2.45, 2.75) is 4.90 Å². The summed E-state index contributed by atoms with van der Waals surface area (Å²) < 4.78 is 38.8. The number of hydrogen-bond acceptors (Lipinski definition) is 4. The Balaban J connectivity index is 2.38. The molecule has 0 radical (unpaired) electrons. The molecule has 2 rings (SSSR count). The van der Waals surface area contributed by atoms with Crippen LogP contribution in [-0.2, 0) is 10.0 Å². The molecule has 4 N–H and O–H groups in total. The molecule has 17 heavy (non-hydrogen) atoms. The smallest absolute Gasteiger partial charge is 0.265 e. The lowest BCUT2D eigenvalue weighted by Crippen LogP contribution is -2.15. The van der Waals surface area contributed by atoms with Gasteiger partial charge in [-0.05, 0) is 18.2 Å². The van der Waals surface area contributed by atoms with Crippen LogP contribution in [-0.4, -0.2) is 18.6 Å². The Kier molecular flexibility index (Phi) is 2.72. The van der Waals surface area contributed by atoms with E-state index in [0.717, 1.165) is 18.2 Å². The fourth-order valence-electron chi connectivity index (χ4n) is 1.28. The lowest BCUT2D eigenvalue weighted by molar-refractivity contribution is 0.600. The van der Waals surface area contributed by atoms with Crippen molar-refractivity contribution in [1.29, 1.82) is 0 Å². The third kappa shape index (κ3) is 2.36. The first-order valence-electron chi connectivity index (χ1n) is 4.56. The van der Waals surface area contributed by atoms with E-state index in [4.69, 9.17) is 5.73 Å². The van der Waals surface area contributed by atoms with E-state index in [2.05, 4.69) is 14.9 Å². The summed E-state index contributed by atoms with van der Waals surface area (Å²) in [5, 5.41) is 6.03. The molecule has 0 spiro atoms. The second-order valence-electron chi connectivity index (χ2n) is 3.26. The van der Waals surface area contributed by atoms with E-state index < -0.39 is 15.8 Å². The van der Waals surface area contributed by atoms with Gasteiger partial charge in [0.2, 0.25) is 0 Å². The van der Waals surface area contributed by atoms with Gasteiger partial charge in [0.05, 0.1) is 11.9 Å². The number of sulfonamides is 1. The van der Waals surface area contributed by atoms with Crippen LogP contribution in [0.2, 0.25) is 0 Å². The summed E-state index contributed by atoms with van der Waals surface area (Å²) in [6.45, 7) is 0. The van der Waals surface area contributed by atoms with Crippen molar-refractivity contribution in [1.82, 2.24) is 10.2 Å². The van der Waals surface area contributed by atoms with Crippen LogP contribution in [0.15, 0.2) is 35.4 Å². The van der Waals surface area contributed by atoms with Gasteiger partial charge < -0.3 is 5.73 Å². The maximum atomic E-state index is 12.8. The fraction of sp³-hybridized carbons (Fsp3) is 0. The first-order chi connectivity index (χ1) is 7.99. The molecule has 6 nitrogen and oxygen atoms in total. The Morgan fingerprint density at radius 1 is 1.35 bits per heavy atom. The lowest BCUT2D eigenvalue weighted by Gasteiger charge is -2.08. The largest absolute Gasteiger partial charge is 0.398 e. The van der Waals surface area contributed by atoms with Crippen molar-refractivity contribution < 1.29 is 12.8 Å². The summed E-state index contributed by atoms with van der Waals surface area (Å²) in [6.07, 6.45) is 1.39. The highest BCUT2D eigenvalue weighted by Crippen LogP contribution is 2.21. The average molecular weight is 256 g/mol. The molecule has 0 atom stereocenters. The number of aromatic amines is 1. The molecule has 2 aromatic rings. The van der Waals surface area contributed by atoms with E-state index in [0.29, 0.717) is 0 Å². The maximum absolute atomic E-state index is 12.8. The van der Waals surface area contributed by atoms with E-state index in [-0.39, 0.29) is 16.4 Å². The SMILES string of the molecule is Nc1cc(F)ccc1S(=O)(=O)Nc1ccn[nH]1. The van der Waals surface area contributed by atoms with Gasteiger partial charge in [0.25, 0.3) is 10.0 Å². The molecule has 0 unspecified atom stereocenters. The number of nitrogens with one attached hydrogen (secondary N) is 2. The number of nitrogens with zero attached hydrogens (tertiary/aromatic N) is 1. The van der Waals surface area contributed by atoms with Crippen LogP contribution in [0.3, 0.4) is 0 Å². The zero-order valence-corrected chi connectivity index (χ0v) is 9.33. The van der Waals surface area contributed by atoms with Crippen LogP contribution < -0.4 is 10.5 Å². The number of rotatable bonds is 3. The van der Waals surface area contributed by atoms with Gasteiger partial charge in [0.15, 0.2) is 0 Å². The summed E-state index contributed by atoms with van der Waals surface area (Å²) in [5.41, 5.74) is 5.30. The third-order valence-corrected chi connectivity index (χ3v) is 3.45. The molecule has 8 heteroatoms. The lowest BCUT2D eigenvalue weighted by atomic mass is 10.3. The zero-order chi connectivity index (χ0) is 12.5. The summed E-state index contributed by atoms with van der Waals surface area (Å²) in [4.78, 5) is -0.187. The molecule has 0 aliphatic rings. The Hall–Kier alpha value is -2.09. The number of nitrogens with two attached hydrogens (primary N) is 1. The number of anilines is 2. The molecule has 1 heterocycles. The highest BCUT2D eigenvalue weighted by atomic mass is 32.2. The highest BCUT2D eigenvalue weighted by molar-refractivity contribution is 7.92. The minimum absolute atomic E-state index is 0.156. The standard InChI is InChI=1S/C9H9FN4O2S/c10-6-1-2-8(7(11)5-6)17(15,16)14-9-3-4-12-13-9/h1-5H,11H2,(H2,12,13,14). The summed E-state index contributed by atoms with van der Waals surface area (Å²) in [6, 6.07) is 4.51. The molecule has 1 aromatic heterocycles. The third-order valence-electron chi connectivity index (χ3n) is 2.01. The fourth-order valence-corrected chi connectivity index (χ4v) is 2.41. The predicted octanol–water partition coefficient (Wildman–Crippen LogP) is 0.932. The van der Waals surface area contributed by atoms with E-state index in [1.165, 1.54) is 12.3 Å². The van der Waals surface area contributed by atoms with Gasteiger partial charge in [-0.15, -0.1) is 0 Å². The van der Waals surface area contributed by atoms with Gasteiger partial charge in [-0.1, -0.05) is 0 Å². The molecule has 0 aliphatic carbocycles. The summed E-state index contributed by atoms with van der Waals surface area (Å²) in [7, 11) is -3.84. The van der Waals surface area contributed by atoms with Crippen molar-refractivity contribution in [3.63, 3.8) is 0 Å². The molecule has 0 bridgehead atoms. The average Bonchev–Trinajstić information content (AvgIpc) is 2.68. The first kappa shape index (κ1) is 11.4. The maximum Gasteiger partial charge on any atom is 0.265 e. The van der Waals surface area contributed by atoms with Crippen molar-refractivity contribution in [2.24, 2.45) is 0 Å². The van der Waals surface area contributed by atoms with Gasteiger partial charge in [-0.2, -0.15) is 5.10 Å². The van der Waals surface area contributed by atoms with Crippen molar-refractivity contribution in [3.05, 3.63) is 36.3 Å². The van der Waals surface area contributed by atoms with Crippen LogP contribution in [0.1, 0.15) is 0 Å². The quantitative estimate of drug-likeness (QED) is 0.711. The minimum Gasteiger partial charge on any atom is -0.398 e. The van der Waals surface area contributed by atoms with Crippen molar-refractivity contribution in [2.75, 3.05) is 10.5 Å². The number of H-pyrrole nitrogens is 1. The Bertz CT molecular complexity index is 624. The Labute approximate surface area is 96.7 Å². The Morgan fingerprint density at radius 3 is 2.71 bits per heavy atom. The van der Waals surface area contributed by atoms with Crippen LogP contribution >= 0.6 is 0 Å². The molecule has 0 fully saturated rings. The van der Waals surface area contributed by atoms with Gasteiger partial charge >= 0.3 is 0 Å². The number of hydrogen-bond donors (Lipinski definition) is 3. The zero-order valence-electron chi connectivity index (χ0n) is 8.51. The minimum atomic E-state index is -3.84. The molecule has 0 saturated carbocycles. The van der Waals surface area contributed by atoms with Crippen LogP contribution in [0.25, 0.3) is 0 Å². The molecule has 0 aliphatic heterocycles. The number of aromatic nitrogens is 2. The van der Waals surface area contributed by atoms with Crippen LogP contribution in [0.5, 0.6) is 0 Å². The molecule has 0 saturated heterocycles. The summed E-state index contributed by atoms with van der Waals surface area (Å²) >= 11 is 0. The van der Waals surface area contributed by atoms with E-state index in [1.807, 2.05) is 0 Å². The normalized spacial score (nSPS) is 11.4. The van der Waals surface area contributed by atoms with Crippen molar-refractivity contribution >= 4 is 21.5 Å². The first-order valence-corrected chi connectivity index (χ1v) is 6.04. The van der Waals surface area contributed by atoms with Crippen LogP contribution in [0.4, 0.5) is 15.9 Å². The molecule has 90 valence electrons. The number of benzene rings is 1. The highest BCUT2D eigenvalue weighted by Gasteiger charge is 2.18. The number of halogens is 1. The van der Waals surface area contributed by atoms with E-state index in [1.54, 1.807) is 0 Å². The van der Waals surface area contributed by atoms with E-state index in [9.17, 15) is 12.8 Å². The number of nitrogen functional groups attached to an aromatic ring is 1. The molecule has 0 amide bonds. The monoisotopic (exact) mass is 256 g/mol. The second-order valence-corrected chi connectivity index (χ2v) is 4.91. The van der Waals surface area contributed by atoms with E-state index >= 15 is 0 Å². The predicted molar refractivity (Wildman–Crippen MR) is 60.2 cm³/mol.